The van der Waals surface area contributed by atoms with Crippen molar-refractivity contribution >= 4 is 11.9 Å². The number of ether oxygens (including phenoxy) is 3. The Morgan fingerprint density at radius 3 is 2.40 bits per heavy atom. The van der Waals surface area contributed by atoms with Crippen molar-refractivity contribution in [1.82, 2.24) is 4.90 Å². The van der Waals surface area contributed by atoms with Crippen LogP contribution in [-0.4, -0.2) is 56.8 Å². The molecule has 0 unspecified atom stereocenters. The third-order valence-electron chi connectivity index (χ3n) is 3.84. The smallest absolute Gasteiger partial charge is 0.307 e. The molecule has 0 bridgehead atoms. The number of amides is 1. The van der Waals surface area contributed by atoms with E-state index in [1.807, 2.05) is 39.0 Å². The number of hydrogen-bond acceptors (Lipinski definition) is 5. The van der Waals surface area contributed by atoms with Crippen LogP contribution in [0.2, 0.25) is 0 Å². The molecule has 6 nitrogen and oxygen atoms in total. The van der Waals surface area contributed by atoms with Gasteiger partial charge in [-0.2, -0.15) is 0 Å². The standard InChI is InChI=1S/C19H29NO5/c1-5-24-13-7-11-20(12-10-18(22)23-4)17(21)14-25-19-15(2)8-6-9-16(19)3/h6,8-9H,5,7,10-14H2,1-4H3. The summed E-state index contributed by atoms with van der Waals surface area (Å²) in [4.78, 5) is 25.5. The number of esters is 1. The van der Waals surface area contributed by atoms with Crippen LogP contribution >= 0.6 is 0 Å². The van der Waals surface area contributed by atoms with Crippen LogP contribution in [0.1, 0.15) is 30.9 Å². The number of aryl methyl sites for hydroxylation is 2. The van der Waals surface area contributed by atoms with Crippen LogP contribution < -0.4 is 4.74 Å². The summed E-state index contributed by atoms with van der Waals surface area (Å²) in [6, 6.07) is 5.85. The van der Waals surface area contributed by atoms with Crippen molar-refractivity contribution in [2.45, 2.75) is 33.6 Å². The first kappa shape index (κ1) is 21.0. The molecule has 1 amide bonds. The Kier molecular flexibility index (Phi) is 9.62. The van der Waals surface area contributed by atoms with Crippen LogP contribution in [0.15, 0.2) is 18.2 Å². The molecule has 1 aromatic rings. The second-order valence-electron chi connectivity index (χ2n) is 5.77. The van der Waals surface area contributed by atoms with Gasteiger partial charge in [-0.1, -0.05) is 18.2 Å². The number of nitrogens with zero attached hydrogens (tertiary/aromatic N) is 1. The lowest BCUT2D eigenvalue weighted by atomic mass is 10.1. The van der Waals surface area contributed by atoms with Crippen LogP contribution in [0.5, 0.6) is 5.75 Å². The maximum Gasteiger partial charge on any atom is 0.307 e. The molecule has 1 aromatic carbocycles. The molecular weight excluding hydrogens is 322 g/mol. The van der Waals surface area contributed by atoms with Crippen molar-refractivity contribution in [3.8, 4) is 5.75 Å². The zero-order chi connectivity index (χ0) is 18.7. The van der Waals surface area contributed by atoms with Gasteiger partial charge in [0, 0.05) is 26.3 Å². The van der Waals surface area contributed by atoms with Crippen LogP contribution in [0.4, 0.5) is 0 Å². The molecule has 0 saturated heterocycles. The van der Waals surface area contributed by atoms with E-state index >= 15 is 0 Å². The van der Waals surface area contributed by atoms with E-state index < -0.39 is 0 Å². The number of hydrogen-bond donors (Lipinski definition) is 0. The Morgan fingerprint density at radius 1 is 1.12 bits per heavy atom. The number of methoxy groups -OCH3 is 1. The van der Waals surface area contributed by atoms with E-state index in [1.54, 1.807) is 4.90 Å². The largest absolute Gasteiger partial charge is 0.483 e. The quantitative estimate of drug-likeness (QED) is 0.453. The van der Waals surface area contributed by atoms with Crippen molar-refractivity contribution in [3.63, 3.8) is 0 Å². The summed E-state index contributed by atoms with van der Waals surface area (Å²) in [5.41, 5.74) is 1.98. The van der Waals surface area contributed by atoms with Crippen LogP contribution in [0.3, 0.4) is 0 Å². The molecule has 0 spiro atoms. The van der Waals surface area contributed by atoms with Gasteiger partial charge in [-0.25, -0.2) is 0 Å². The normalized spacial score (nSPS) is 10.4. The molecule has 0 N–H and O–H groups in total. The maximum atomic E-state index is 12.5. The first-order valence-corrected chi connectivity index (χ1v) is 8.61. The van der Waals surface area contributed by atoms with E-state index in [1.165, 1.54) is 7.11 Å². The molecule has 0 aromatic heterocycles. The Morgan fingerprint density at radius 2 is 1.80 bits per heavy atom. The number of para-hydroxylation sites is 1. The van der Waals surface area contributed by atoms with Gasteiger partial charge in [0.25, 0.3) is 5.91 Å². The van der Waals surface area contributed by atoms with E-state index in [4.69, 9.17) is 9.47 Å². The third kappa shape index (κ3) is 7.56. The van der Waals surface area contributed by atoms with E-state index in [9.17, 15) is 9.59 Å². The molecule has 0 radical (unpaired) electrons. The zero-order valence-electron chi connectivity index (χ0n) is 15.7. The van der Waals surface area contributed by atoms with Crippen molar-refractivity contribution in [2.24, 2.45) is 0 Å². The number of benzene rings is 1. The lowest BCUT2D eigenvalue weighted by Crippen LogP contribution is -2.38. The highest BCUT2D eigenvalue weighted by Gasteiger charge is 2.16. The molecule has 6 heteroatoms. The zero-order valence-corrected chi connectivity index (χ0v) is 15.7. The Bertz CT molecular complexity index is 538. The molecule has 1 rings (SSSR count). The highest BCUT2D eigenvalue weighted by molar-refractivity contribution is 5.78. The SMILES string of the molecule is CCOCCCN(CCC(=O)OC)C(=O)COc1c(C)cccc1C. The predicted molar refractivity (Wildman–Crippen MR) is 95.7 cm³/mol. The van der Waals surface area contributed by atoms with Gasteiger partial charge in [0.05, 0.1) is 13.5 Å². The minimum Gasteiger partial charge on any atom is -0.483 e. The molecular formula is C19H29NO5. The van der Waals surface area contributed by atoms with E-state index in [-0.39, 0.29) is 24.9 Å². The summed E-state index contributed by atoms with van der Waals surface area (Å²) in [6.07, 6.45) is 0.879. The molecule has 0 atom stereocenters. The molecule has 25 heavy (non-hydrogen) atoms. The second kappa shape index (κ2) is 11.5. The van der Waals surface area contributed by atoms with Crippen LogP contribution in [0.25, 0.3) is 0 Å². The van der Waals surface area contributed by atoms with Gasteiger partial charge in [-0.15, -0.1) is 0 Å². The highest BCUT2D eigenvalue weighted by atomic mass is 16.5. The maximum absolute atomic E-state index is 12.5. The van der Waals surface area contributed by atoms with Gasteiger partial charge in [-0.3, -0.25) is 9.59 Å². The molecule has 0 aliphatic heterocycles. The average Bonchev–Trinajstić information content (AvgIpc) is 2.60. The summed E-state index contributed by atoms with van der Waals surface area (Å²) in [5, 5.41) is 0. The number of carbonyl (C=O) groups excluding carboxylic acids is 2. The Balaban J connectivity index is 2.61. The first-order chi connectivity index (χ1) is 12.0. The van der Waals surface area contributed by atoms with Gasteiger partial charge in [-0.05, 0) is 38.3 Å². The fourth-order valence-electron chi connectivity index (χ4n) is 2.44. The molecule has 140 valence electrons. The third-order valence-corrected chi connectivity index (χ3v) is 3.84. The lowest BCUT2D eigenvalue weighted by molar-refractivity contribution is -0.142. The van der Waals surface area contributed by atoms with Crippen molar-refractivity contribution in [2.75, 3.05) is 40.0 Å². The molecule has 0 aliphatic rings. The second-order valence-corrected chi connectivity index (χ2v) is 5.77. The average molecular weight is 351 g/mol. The molecule has 0 fully saturated rings. The van der Waals surface area contributed by atoms with E-state index in [0.717, 1.165) is 16.9 Å². The van der Waals surface area contributed by atoms with Crippen LogP contribution in [-0.2, 0) is 19.1 Å². The van der Waals surface area contributed by atoms with Crippen molar-refractivity contribution < 1.29 is 23.8 Å². The molecule has 0 saturated carbocycles. The highest BCUT2D eigenvalue weighted by Crippen LogP contribution is 2.22. The predicted octanol–water partition coefficient (Wildman–Crippen LogP) is 2.50. The minimum atomic E-state index is -0.335. The van der Waals surface area contributed by atoms with Gasteiger partial charge in [0.15, 0.2) is 6.61 Å². The monoisotopic (exact) mass is 351 g/mol. The fraction of sp³-hybridized carbons (Fsp3) is 0.579. The van der Waals surface area contributed by atoms with Gasteiger partial charge in [0.1, 0.15) is 5.75 Å². The van der Waals surface area contributed by atoms with E-state index in [0.29, 0.717) is 32.7 Å². The van der Waals surface area contributed by atoms with Crippen molar-refractivity contribution in [3.05, 3.63) is 29.3 Å². The first-order valence-electron chi connectivity index (χ1n) is 8.61. The fourth-order valence-corrected chi connectivity index (χ4v) is 2.44. The Labute approximate surface area is 150 Å². The van der Waals surface area contributed by atoms with Gasteiger partial charge in [0.2, 0.25) is 0 Å². The summed E-state index contributed by atoms with van der Waals surface area (Å²) in [6.45, 7) is 7.83. The van der Waals surface area contributed by atoms with Gasteiger partial charge < -0.3 is 19.1 Å². The van der Waals surface area contributed by atoms with E-state index in [2.05, 4.69) is 4.74 Å². The number of rotatable bonds is 11. The van der Waals surface area contributed by atoms with Gasteiger partial charge >= 0.3 is 5.97 Å². The summed E-state index contributed by atoms with van der Waals surface area (Å²) in [7, 11) is 1.34. The minimum absolute atomic E-state index is 0.0541. The topological polar surface area (TPSA) is 65.1 Å². The molecule has 0 aliphatic carbocycles. The van der Waals surface area contributed by atoms with Crippen LogP contribution in [0, 0.1) is 13.8 Å². The summed E-state index contributed by atoms with van der Waals surface area (Å²) in [5.74, 6) is 0.249. The number of carbonyl (C=O) groups is 2. The van der Waals surface area contributed by atoms with Crippen molar-refractivity contribution in [1.29, 1.82) is 0 Å². The summed E-state index contributed by atoms with van der Waals surface area (Å²) >= 11 is 0. The Hall–Kier alpha value is -2.08. The lowest BCUT2D eigenvalue weighted by Gasteiger charge is -2.23. The summed E-state index contributed by atoms with van der Waals surface area (Å²) < 4.78 is 15.7. The molecule has 0 heterocycles.